The Labute approximate surface area is 87.2 Å². The third kappa shape index (κ3) is 1.63. The summed E-state index contributed by atoms with van der Waals surface area (Å²) in [6, 6.07) is 8.04. The maximum atomic E-state index is 5.18. The van der Waals surface area contributed by atoms with Gasteiger partial charge in [0, 0.05) is 0 Å². The molecular formula is C11H11NOS. The summed E-state index contributed by atoms with van der Waals surface area (Å²) in [5.74, 6) is 0.885. The molecule has 72 valence electrons. The minimum Gasteiger partial charge on any atom is -0.497 e. The van der Waals surface area contributed by atoms with Gasteiger partial charge in [-0.1, -0.05) is 12.1 Å². The molecule has 0 unspecified atom stereocenters. The molecular weight excluding hydrogens is 194 g/mol. The van der Waals surface area contributed by atoms with Crippen molar-refractivity contribution in [3.63, 3.8) is 0 Å². The maximum absolute atomic E-state index is 5.18. The van der Waals surface area contributed by atoms with Crippen molar-refractivity contribution >= 4 is 11.3 Å². The maximum Gasteiger partial charge on any atom is 0.119 e. The van der Waals surface area contributed by atoms with Gasteiger partial charge in [-0.2, -0.15) is 0 Å². The van der Waals surface area contributed by atoms with Crippen molar-refractivity contribution in [3.8, 4) is 16.2 Å². The number of rotatable bonds is 2. The predicted molar refractivity (Wildman–Crippen MR) is 58.8 cm³/mol. The normalized spacial score (nSPS) is 10.1. The van der Waals surface area contributed by atoms with Gasteiger partial charge in [0.25, 0.3) is 0 Å². The second-order valence-electron chi connectivity index (χ2n) is 3.00. The van der Waals surface area contributed by atoms with E-state index in [2.05, 4.69) is 11.1 Å². The molecule has 1 aromatic carbocycles. The molecule has 0 fully saturated rings. The molecule has 1 heterocycles. The summed E-state index contributed by atoms with van der Waals surface area (Å²) in [6.45, 7) is 2.02. The molecule has 0 saturated heterocycles. The molecule has 0 aliphatic heterocycles. The zero-order chi connectivity index (χ0) is 9.97. The summed E-state index contributed by atoms with van der Waals surface area (Å²) in [5.41, 5.74) is 4.11. The van der Waals surface area contributed by atoms with Crippen molar-refractivity contribution in [2.75, 3.05) is 7.11 Å². The van der Waals surface area contributed by atoms with Crippen molar-refractivity contribution < 1.29 is 4.74 Å². The molecule has 0 aliphatic rings. The summed E-state index contributed by atoms with van der Waals surface area (Å²) < 4.78 is 5.18. The van der Waals surface area contributed by atoms with Gasteiger partial charge in [-0.3, -0.25) is 0 Å². The van der Waals surface area contributed by atoms with Crippen molar-refractivity contribution in [1.82, 2.24) is 4.98 Å². The number of nitrogens with zero attached hydrogens (tertiary/aromatic N) is 1. The molecule has 2 nitrogen and oxygen atoms in total. The Balaban J connectivity index is 2.47. The molecule has 0 saturated carbocycles. The van der Waals surface area contributed by atoms with E-state index >= 15 is 0 Å². The number of thiazole rings is 1. The fourth-order valence-electron chi connectivity index (χ4n) is 1.34. The van der Waals surface area contributed by atoms with Gasteiger partial charge in [0.15, 0.2) is 0 Å². The van der Waals surface area contributed by atoms with E-state index in [1.54, 1.807) is 18.4 Å². The quantitative estimate of drug-likeness (QED) is 0.751. The molecule has 3 heteroatoms. The number of hydrogen-bond acceptors (Lipinski definition) is 3. The standard InChI is InChI=1S/C11H11NOS/c1-8-11(14-7-12-8)9-4-3-5-10(6-9)13-2/h3-7H,1-2H3. The van der Waals surface area contributed by atoms with Crippen LogP contribution in [0.4, 0.5) is 0 Å². The first-order valence-corrected chi connectivity index (χ1v) is 5.24. The number of methoxy groups -OCH3 is 1. The highest BCUT2D eigenvalue weighted by atomic mass is 32.1. The molecule has 0 N–H and O–H groups in total. The van der Waals surface area contributed by atoms with Gasteiger partial charge in [0.2, 0.25) is 0 Å². The van der Waals surface area contributed by atoms with Gasteiger partial charge in [0.1, 0.15) is 5.75 Å². The van der Waals surface area contributed by atoms with E-state index in [-0.39, 0.29) is 0 Å². The molecule has 14 heavy (non-hydrogen) atoms. The largest absolute Gasteiger partial charge is 0.497 e. The minimum absolute atomic E-state index is 0.885. The van der Waals surface area contributed by atoms with Crippen LogP contribution in [0, 0.1) is 6.92 Å². The zero-order valence-electron chi connectivity index (χ0n) is 8.15. The monoisotopic (exact) mass is 205 g/mol. The highest BCUT2D eigenvalue weighted by Gasteiger charge is 2.04. The first-order chi connectivity index (χ1) is 6.81. The van der Waals surface area contributed by atoms with Crippen LogP contribution in [0.15, 0.2) is 29.8 Å². The van der Waals surface area contributed by atoms with Crippen LogP contribution in [0.2, 0.25) is 0 Å². The van der Waals surface area contributed by atoms with E-state index in [1.807, 2.05) is 30.6 Å². The smallest absolute Gasteiger partial charge is 0.119 e. The van der Waals surface area contributed by atoms with Gasteiger partial charge in [-0.15, -0.1) is 11.3 Å². The number of benzene rings is 1. The second kappa shape index (κ2) is 3.80. The van der Waals surface area contributed by atoms with Crippen LogP contribution in [0.5, 0.6) is 5.75 Å². The molecule has 1 aromatic heterocycles. The fourth-order valence-corrected chi connectivity index (χ4v) is 2.15. The van der Waals surface area contributed by atoms with Crippen LogP contribution < -0.4 is 4.74 Å². The van der Waals surface area contributed by atoms with Crippen LogP contribution in [0.1, 0.15) is 5.69 Å². The second-order valence-corrected chi connectivity index (χ2v) is 3.85. The number of aromatic nitrogens is 1. The van der Waals surface area contributed by atoms with Crippen molar-refractivity contribution in [1.29, 1.82) is 0 Å². The number of ether oxygens (including phenoxy) is 1. The van der Waals surface area contributed by atoms with Crippen LogP contribution in [-0.2, 0) is 0 Å². The third-order valence-corrected chi connectivity index (χ3v) is 3.06. The lowest BCUT2D eigenvalue weighted by molar-refractivity contribution is 0.415. The van der Waals surface area contributed by atoms with E-state index in [0.29, 0.717) is 0 Å². The lowest BCUT2D eigenvalue weighted by Gasteiger charge is -2.02. The van der Waals surface area contributed by atoms with Gasteiger partial charge < -0.3 is 4.74 Å². The average Bonchev–Trinajstić information content (AvgIpc) is 2.65. The van der Waals surface area contributed by atoms with Crippen LogP contribution in [0.3, 0.4) is 0 Å². The molecule has 0 spiro atoms. The zero-order valence-corrected chi connectivity index (χ0v) is 8.97. The first-order valence-electron chi connectivity index (χ1n) is 4.36. The van der Waals surface area contributed by atoms with Crippen LogP contribution >= 0.6 is 11.3 Å². The lowest BCUT2D eigenvalue weighted by Crippen LogP contribution is -1.83. The SMILES string of the molecule is COc1cccc(-c2scnc2C)c1. The van der Waals surface area contributed by atoms with E-state index in [9.17, 15) is 0 Å². The van der Waals surface area contributed by atoms with Crippen molar-refractivity contribution in [2.45, 2.75) is 6.92 Å². The summed E-state index contributed by atoms with van der Waals surface area (Å²) >= 11 is 1.66. The van der Waals surface area contributed by atoms with Crippen molar-refractivity contribution in [2.24, 2.45) is 0 Å². The minimum atomic E-state index is 0.885. The Kier molecular flexibility index (Phi) is 2.50. The van der Waals surface area contributed by atoms with E-state index < -0.39 is 0 Å². The van der Waals surface area contributed by atoms with E-state index in [0.717, 1.165) is 11.4 Å². The van der Waals surface area contributed by atoms with Gasteiger partial charge >= 0.3 is 0 Å². The molecule has 0 radical (unpaired) electrons. The topological polar surface area (TPSA) is 22.1 Å². The highest BCUT2D eigenvalue weighted by Crippen LogP contribution is 2.29. The van der Waals surface area contributed by atoms with Gasteiger partial charge in [-0.25, -0.2) is 4.98 Å². The Hall–Kier alpha value is -1.35. The summed E-state index contributed by atoms with van der Waals surface area (Å²) in [4.78, 5) is 5.44. The summed E-state index contributed by atoms with van der Waals surface area (Å²) in [6.07, 6.45) is 0. The fraction of sp³-hybridized carbons (Fsp3) is 0.182. The Morgan fingerprint density at radius 1 is 1.36 bits per heavy atom. The summed E-state index contributed by atoms with van der Waals surface area (Å²) in [7, 11) is 1.68. The third-order valence-electron chi connectivity index (χ3n) is 2.08. The molecule has 2 rings (SSSR count). The number of aryl methyl sites for hydroxylation is 1. The lowest BCUT2D eigenvalue weighted by atomic mass is 10.1. The molecule has 0 atom stereocenters. The Morgan fingerprint density at radius 3 is 2.86 bits per heavy atom. The highest BCUT2D eigenvalue weighted by molar-refractivity contribution is 7.13. The Bertz CT molecular complexity index is 436. The van der Waals surface area contributed by atoms with Crippen molar-refractivity contribution in [3.05, 3.63) is 35.5 Å². The molecule has 0 bridgehead atoms. The summed E-state index contributed by atoms with van der Waals surface area (Å²) in [5, 5.41) is 0. The van der Waals surface area contributed by atoms with Crippen LogP contribution in [0.25, 0.3) is 10.4 Å². The number of hydrogen-bond donors (Lipinski definition) is 0. The molecule has 0 amide bonds. The average molecular weight is 205 g/mol. The molecule has 0 aliphatic carbocycles. The Morgan fingerprint density at radius 2 is 2.21 bits per heavy atom. The van der Waals surface area contributed by atoms with E-state index in [1.165, 1.54) is 10.4 Å². The van der Waals surface area contributed by atoms with Gasteiger partial charge in [0.05, 0.1) is 23.2 Å². The molecule has 2 aromatic rings. The first kappa shape index (κ1) is 9.21. The van der Waals surface area contributed by atoms with Gasteiger partial charge in [-0.05, 0) is 24.6 Å². The van der Waals surface area contributed by atoms with E-state index in [4.69, 9.17) is 4.74 Å². The predicted octanol–water partition coefficient (Wildman–Crippen LogP) is 3.13. The van der Waals surface area contributed by atoms with Crippen LogP contribution in [-0.4, -0.2) is 12.1 Å².